The van der Waals surface area contributed by atoms with Gasteiger partial charge in [-0.05, 0) is 24.6 Å². The molecule has 1 amide bonds. The van der Waals surface area contributed by atoms with Crippen LogP contribution in [0.15, 0.2) is 23.1 Å². The van der Waals surface area contributed by atoms with E-state index in [4.69, 9.17) is 4.74 Å². The molecule has 0 saturated carbocycles. The maximum Gasteiger partial charge on any atom is 0.241 e. The Morgan fingerprint density at radius 3 is 2.76 bits per heavy atom. The van der Waals surface area contributed by atoms with Crippen molar-refractivity contribution < 1.29 is 23.1 Å². The standard InChI is InChI=1S/C13H18N2O5S/c1-20-8-5-11(14-7-8)13(17)15-10-6-9(21(2,18)19)3-4-12(10)16/h3-4,6,8,11,14,16H,5,7H2,1-2H3,(H,15,17). The minimum atomic E-state index is -3.41. The number of sulfone groups is 1. The molecule has 1 aromatic rings. The van der Waals surface area contributed by atoms with Crippen LogP contribution in [0.2, 0.25) is 0 Å². The molecule has 0 aromatic heterocycles. The number of aromatic hydroxyl groups is 1. The van der Waals surface area contributed by atoms with E-state index in [-0.39, 0.29) is 28.3 Å². The molecule has 2 atom stereocenters. The van der Waals surface area contributed by atoms with E-state index in [0.29, 0.717) is 13.0 Å². The first kappa shape index (κ1) is 15.7. The minimum absolute atomic E-state index is 0.0308. The predicted octanol–water partition coefficient (Wildman–Crippen LogP) is 0.111. The van der Waals surface area contributed by atoms with Gasteiger partial charge in [0.05, 0.1) is 22.7 Å². The van der Waals surface area contributed by atoms with Crippen molar-refractivity contribution in [1.29, 1.82) is 0 Å². The Balaban J connectivity index is 2.14. The topological polar surface area (TPSA) is 105 Å². The molecule has 1 aliphatic heterocycles. The zero-order valence-electron chi connectivity index (χ0n) is 11.8. The zero-order valence-corrected chi connectivity index (χ0v) is 12.6. The first-order valence-electron chi connectivity index (χ1n) is 6.41. The normalized spacial score (nSPS) is 22.2. The van der Waals surface area contributed by atoms with E-state index in [9.17, 15) is 18.3 Å². The molecule has 1 saturated heterocycles. The smallest absolute Gasteiger partial charge is 0.241 e. The Labute approximate surface area is 123 Å². The number of phenolic OH excluding ortho intramolecular Hbond substituents is 1. The summed E-state index contributed by atoms with van der Waals surface area (Å²) in [5.74, 6) is -0.521. The molecular weight excluding hydrogens is 296 g/mol. The molecule has 7 nitrogen and oxygen atoms in total. The highest BCUT2D eigenvalue weighted by Crippen LogP contribution is 2.27. The van der Waals surface area contributed by atoms with Gasteiger partial charge in [-0.3, -0.25) is 4.79 Å². The first-order chi connectivity index (χ1) is 9.81. The Hall–Kier alpha value is -1.64. The molecule has 0 spiro atoms. The first-order valence-corrected chi connectivity index (χ1v) is 8.30. The van der Waals surface area contributed by atoms with Crippen LogP contribution in [-0.4, -0.2) is 51.5 Å². The van der Waals surface area contributed by atoms with Gasteiger partial charge in [-0.15, -0.1) is 0 Å². The van der Waals surface area contributed by atoms with Crippen molar-refractivity contribution >= 4 is 21.4 Å². The van der Waals surface area contributed by atoms with E-state index in [1.165, 1.54) is 18.2 Å². The quantitative estimate of drug-likeness (QED) is 0.681. The maximum absolute atomic E-state index is 12.1. The molecule has 1 aliphatic rings. The fourth-order valence-corrected chi connectivity index (χ4v) is 2.80. The molecule has 21 heavy (non-hydrogen) atoms. The van der Waals surface area contributed by atoms with Crippen molar-refractivity contribution in [3.63, 3.8) is 0 Å². The number of anilines is 1. The van der Waals surface area contributed by atoms with Gasteiger partial charge < -0.3 is 20.5 Å². The van der Waals surface area contributed by atoms with Crippen LogP contribution in [0.3, 0.4) is 0 Å². The summed E-state index contributed by atoms with van der Waals surface area (Å²) in [7, 11) is -1.83. The summed E-state index contributed by atoms with van der Waals surface area (Å²) in [6.45, 7) is 0.573. The number of amides is 1. The number of carbonyl (C=O) groups is 1. The number of rotatable bonds is 4. The molecule has 3 N–H and O–H groups in total. The van der Waals surface area contributed by atoms with Crippen molar-refractivity contribution in [2.45, 2.75) is 23.5 Å². The number of benzene rings is 1. The summed E-state index contributed by atoms with van der Waals surface area (Å²) in [5.41, 5.74) is 0.0746. The molecule has 2 unspecified atom stereocenters. The molecule has 0 aliphatic carbocycles. The van der Waals surface area contributed by atoms with Gasteiger partial charge in [-0.25, -0.2) is 8.42 Å². The van der Waals surface area contributed by atoms with Crippen LogP contribution < -0.4 is 10.6 Å². The monoisotopic (exact) mass is 314 g/mol. The van der Waals surface area contributed by atoms with E-state index in [1.54, 1.807) is 7.11 Å². The summed E-state index contributed by atoms with van der Waals surface area (Å²) in [4.78, 5) is 12.1. The van der Waals surface area contributed by atoms with E-state index in [1.807, 2.05) is 0 Å². The van der Waals surface area contributed by atoms with Crippen LogP contribution in [0.25, 0.3) is 0 Å². The number of phenols is 1. The molecule has 116 valence electrons. The number of ether oxygens (including phenoxy) is 1. The summed E-state index contributed by atoms with van der Waals surface area (Å²) in [5, 5.41) is 15.3. The average molecular weight is 314 g/mol. The third-order valence-corrected chi connectivity index (χ3v) is 4.50. The second kappa shape index (κ2) is 6.00. The second-order valence-electron chi connectivity index (χ2n) is 4.99. The van der Waals surface area contributed by atoms with Crippen LogP contribution >= 0.6 is 0 Å². The van der Waals surface area contributed by atoms with Gasteiger partial charge >= 0.3 is 0 Å². The van der Waals surface area contributed by atoms with Crippen molar-refractivity contribution in [2.75, 3.05) is 25.2 Å². The third kappa shape index (κ3) is 3.72. The van der Waals surface area contributed by atoms with Gasteiger partial charge in [-0.2, -0.15) is 0 Å². The van der Waals surface area contributed by atoms with Gasteiger partial charge in [0.2, 0.25) is 5.91 Å². The van der Waals surface area contributed by atoms with Crippen LogP contribution in [0.5, 0.6) is 5.75 Å². The highest BCUT2D eigenvalue weighted by molar-refractivity contribution is 7.90. The molecule has 1 fully saturated rings. The summed E-state index contributed by atoms with van der Waals surface area (Å²) < 4.78 is 28.2. The van der Waals surface area contributed by atoms with Crippen molar-refractivity contribution in [3.8, 4) is 5.75 Å². The molecule has 0 radical (unpaired) electrons. The lowest BCUT2D eigenvalue weighted by atomic mass is 10.2. The summed E-state index contributed by atoms with van der Waals surface area (Å²) >= 11 is 0. The molecule has 1 aromatic carbocycles. The van der Waals surface area contributed by atoms with E-state index >= 15 is 0 Å². The Morgan fingerprint density at radius 2 is 2.19 bits per heavy atom. The average Bonchev–Trinajstić information content (AvgIpc) is 2.88. The molecule has 1 heterocycles. The van der Waals surface area contributed by atoms with Gasteiger partial charge in [0.15, 0.2) is 9.84 Å². The van der Waals surface area contributed by atoms with E-state index < -0.39 is 15.9 Å². The highest BCUT2D eigenvalue weighted by Gasteiger charge is 2.29. The highest BCUT2D eigenvalue weighted by atomic mass is 32.2. The molecular formula is C13H18N2O5S. The lowest BCUT2D eigenvalue weighted by Crippen LogP contribution is -2.35. The maximum atomic E-state index is 12.1. The van der Waals surface area contributed by atoms with Crippen molar-refractivity contribution in [1.82, 2.24) is 5.32 Å². The predicted molar refractivity (Wildman–Crippen MR) is 77.1 cm³/mol. The van der Waals surface area contributed by atoms with Gasteiger partial charge in [0.25, 0.3) is 0 Å². The molecule has 2 rings (SSSR count). The van der Waals surface area contributed by atoms with E-state index in [0.717, 1.165) is 6.26 Å². The second-order valence-corrected chi connectivity index (χ2v) is 7.01. The van der Waals surface area contributed by atoms with Gasteiger partial charge in [0.1, 0.15) is 5.75 Å². The third-order valence-electron chi connectivity index (χ3n) is 3.39. The molecule has 0 bridgehead atoms. The van der Waals surface area contributed by atoms with Crippen molar-refractivity contribution in [2.24, 2.45) is 0 Å². The van der Waals surface area contributed by atoms with Gasteiger partial charge in [0, 0.05) is 19.9 Å². The van der Waals surface area contributed by atoms with Crippen LogP contribution in [0.4, 0.5) is 5.69 Å². The zero-order chi connectivity index (χ0) is 15.6. The summed E-state index contributed by atoms with van der Waals surface area (Å²) in [6, 6.07) is 3.34. The van der Waals surface area contributed by atoms with Crippen molar-refractivity contribution in [3.05, 3.63) is 18.2 Å². The van der Waals surface area contributed by atoms with Crippen LogP contribution in [0.1, 0.15) is 6.42 Å². The molecule has 8 heteroatoms. The van der Waals surface area contributed by atoms with E-state index in [2.05, 4.69) is 10.6 Å². The number of nitrogens with one attached hydrogen (secondary N) is 2. The number of hydrogen-bond donors (Lipinski definition) is 3. The Morgan fingerprint density at radius 1 is 1.48 bits per heavy atom. The fraction of sp³-hybridized carbons (Fsp3) is 0.462. The number of methoxy groups -OCH3 is 1. The lowest BCUT2D eigenvalue weighted by molar-refractivity contribution is -0.118. The summed E-state index contributed by atoms with van der Waals surface area (Å²) in [6.07, 6.45) is 1.55. The Kier molecular flexibility index (Phi) is 4.50. The Bertz CT molecular complexity index is 644. The van der Waals surface area contributed by atoms with Crippen LogP contribution in [0, 0.1) is 0 Å². The van der Waals surface area contributed by atoms with Gasteiger partial charge in [-0.1, -0.05) is 0 Å². The number of carbonyl (C=O) groups excluding carboxylic acids is 1. The SMILES string of the molecule is COC1CNC(C(=O)Nc2cc(S(C)(=O)=O)ccc2O)C1. The largest absolute Gasteiger partial charge is 0.506 e. The lowest BCUT2D eigenvalue weighted by Gasteiger charge is -2.13. The number of hydrogen-bond acceptors (Lipinski definition) is 6. The fourth-order valence-electron chi connectivity index (χ4n) is 2.15. The van der Waals surface area contributed by atoms with Crippen LogP contribution in [-0.2, 0) is 19.4 Å². The minimum Gasteiger partial charge on any atom is -0.506 e.